The average molecular weight is 186 g/mol. The first-order valence-electron chi connectivity index (χ1n) is 4.17. The number of phenolic OH excluding ortho intramolecular Hbond substituents is 1. The third-order valence-corrected chi connectivity index (χ3v) is 2.06. The number of ether oxygens (including phenoxy) is 1. The SMILES string of the molecule is Oc1ccc2c(c1-c1ncccn1)O2. The van der Waals surface area contributed by atoms with Crippen LogP contribution in [0, 0.1) is 0 Å². The van der Waals surface area contributed by atoms with E-state index in [9.17, 15) is 5.11 Å². The van der Waals surface area contributed by atoms with Crippen LogP contribution in [-0.4, -0.2) is 15.1 Å². The number of hydrogen-bond acceptors (Lipinski definition) is 4. The predicted octanol–water partition coefficient (Wildman–Crippen LogP) is 1.95. The van der Waals surface area contributed by atoms with Crippen molar-refractivity contribution in [1.82, 2.24) is 9.97 Å². The summed E-state index contributed by atoms with van der Waals surface area (Å²) in [6, 6.07) is 5.03. The van der Waals surface area contributed by atoms with Crippen molar-refractivity contribution < 1.29 is 9.84 Å². The second-order valence-electron chi connectivity index (χ2n) is 2.96. The summed E-state index contributed by atoms with van der Waals surface area (Å²) < 4.78 is 5.16. The molecule has 1 N–H and O–H groups in total. The van der Waals surface area contributed by atoms with E-state index in [1.807, 2.05) is 0 Å². The number of hydrogen-bond donors (Lipinski definition) is 1. The van der Waals surface area contributed by atoms with Crippen LogP contribution in [0.3, 0.4) is 0 Å². The zero-order chi connectivity index (χ0) is 9.54. The van der Waals surface area contributed by atoms with E-state index in [0.717, 1.165) is 5.75 Å². The Morgan fingerprint density at radius 2 is 1.93 bits per heavy atom. The molecule has 4 heteroatoms. The highest BCUT2D eigenvalue weighted by Gasteiger charge is 2.29. The Bertz CT molecular complexity index is 493. The van der Waals surface area contributed by atoms with Gasteiger partial charge in [0, 0.05) is 12.4 Å². The van der Waals surface area contributed by atoms with Crippen LogP contribution in [0.5, 0.6) is 17.2 Å². The standard InChI is InChI=1S/C10H6N2O2/c13-6-2-3-7-9(14-7)8(6)10-11-4-1-5-12-10/h1-5,13H. The Labute approximate surface area is 79.8 Å². The van der Waals surface area contributed by atoms with Gasteiger partial charge in [-0.25, -0.2) is 9.97 Å². The molecule has 2 aromatic rings. The van der Waals surface area contributed by atoms with Crippen molar-refractivity contribution in [3.8, 4) is 28.6 Å². The number of rotatable bonds is 1. The zero-order valence-corrected chi connectivity index (χ0v) is 7.14. The minimum atomic E-state index is 0.146. The number of aromatic nitrogens is 2. The molecule has 1 aromatic carbocycles. The van der Waals surface area contributed by atoms with Crippen molar-refractivity contribution >= 4 is 0 Å². The fourth-order valence-electron chi connectivity index (χ4n) is 1.37. The molecule has 4 nitrogen and oxygen atoms in total. The quantitative estimate of drug-likeness (QED) is 0.590. The number of fused-ring (bicyclic) bond motifs is 1. The number of benzene rings is 1. The van der Waals surface area contributed by atoms with Crippen LogP contribution in [0.1, 0.15) is 0 Å². The molecule has 0 saturated heterocycles. The molecule has 0 atom stereocenters. The molecule has 0 radical (unpaired) electrons. The van der Waals surface area contributed by atoms with E-state index < -0.39 is 0 Å². The second-order valence-corrected chi connectivity index (χ2v) is 2.96. The smallest absolute Gasteiger partial charge is 0.184 e. The van der Waals surface area contributed by atoms with E-state index in [0.29, 0.717) is 17.1 Å². The number of nitrogens with zero attached hydrogens (tertiary/aromatic N) is 2. The van der Waals surface area contributed by atoms with Crippen molar-refractivity contribution in [2.45, 2.75) is 0 Å². The fourth-order valence-corrected chi connectivity index (χ4v) is 1.37. The Balaban J connectivity index is 2.24. The van der Waals surface area contributed by atoms with Gasteiger partial charge in [-0.2, -0.15) is 0 Å². The Hall–Kier alpha value is -2.10. The van der Waals surface area contributed by atoms with Crippen molar-refractivity contribution in [1.29, 1.82) is 0 Å². The van der Waals surface area contributed by atoms with Gasteiger partial charge in [0.2, 0.25) is 0 Å². The lowest BCUT2D eigenvalue weighted by atomic mass is 10.2. The Morgan fingerprint density at radius 1 is 1.14 bits per heavy atom. The summed E-state index contributed by atoms with van der Waals surface area (Å²) in [5.74, 6) is 2.09. The highest BCUT2D eigenvalue weighted by Crippen LogP contribution is 2.54. The molecule has 2 heterocycles. The molecule has 14 heavy (non-hydrogen) atoms. The molecular weight excluding hydrogens is 180 g/mol. The minimum Gasteiger partial charge on any atom is -0.507 e. The normalized spacial score (nSPS) is 11.7. The number of aromatic hydroxyl groups is 1. The summed E-state index contributed by atoms with van der Waals surface area (Å²) >= 11 is 0. The van der Waals surface area contributed by atoms with Crippen molar-refractivity contribution in [3.63, 3.8) is 0 Å². The molecule has 1 aliphatic rings. The van der Waals surface area contributed by atoms with Crippen molar-refractivity contribution in [2.24, 2.45) is 0 Å². The molecule has 0 fully saturated rings. The summed E-state index contributed by atoms with van der Waals surface area (Å²) in [5.41, 5.74) is 0.572. The Kier molecular flexibility index (Phi) is 1.28. The van der Waals surface area contributed by atoms with Crippen LogP contribution in [-0.2, 0) is 0 Å². The van der Waals surface area contributed by atoms with Crippen LogP contribution >= 0.6 is 0 Å². The molecule has 0 bridgehead atoms. The van der Waals surface area contributed by atoms with Crippen LogP contribution in [0.4, 0.5) is 0 Å². The van der Waals surface area contributed by atoms with Gasteiger partial charge < -0.3 is 9.84 Å². The van der Waals surface area contributed by atoms with Gasteiger partial charge in [-0.3, -0.25) is 0 Å². The van der Waals surface area contributed by atoms with Crippen LogP contribution in [0.15, 0.2) is 30.6 Å². The van der Waals surface area contributed by atoms with Crippen molar-refractivity contribution in [3.05, 3.63) is 30.6 Å². The monoisotopic (exact) mass is 186 g/mol. The summed E-state index contributed by atoms with van der Waals surface area (Å²) in [5, 5.41) is 9.62. The third kappa shape index (κ3) is 0.939. The van der Waals surface area contributed by atoms with Gasteiger partial charge >= 0.3 is 0 Å². The summed E-state index contributed by atoms with van der Waals surface area (Å²) in [4.78, 5) is 8.11. The maximum Gasteiger partial charge on any atom is 0.184 e. The van der Waals surface area contributed by atoms with Crippen LogP contribution < -0.4 is 4.74 Å². The zero-order valence-electron chi connectivity index (χ0n) is 7.14. The first kappa shape index (κ1) is 7.32. The van der Waals surface area contributed by atoms with Gasteiger partial charge in [-0.05, 0) is 18.2 Å². The summed E-state index contributed by atoms with van der Waals surface area (Å²) in [7, 11) is 0. The first-order chi connectivity index (χ1) is 6.86. The van der Waals surface area contributed by atoms with Crippen molar-refractivity contribution in [2.75, 3.05) is 0 Å². The molecule has 1 aromatic heterocycles. The van der Waals surface area contributed by atoms with Gasteiger partial charge in [0.25, 0.3) is 0 Å². The molecule has 1 aliphatic heterocycles. The van der Waals surface area contributed by atoms with E-state index in [-0.39, 0.29) is 5.75 Å². The van der Waals surface area contributed by atoms with Gasteiger partial charge in [-0.15, -0.1) is 0 Å². The third-order valence-electron chi connectivity index (χ3n) is 2.06. The molecule has 0 spiro atoms. The number of phenols is 1. The molecule has 3 rings (SSSR count). The average Bonchev–Trinajstić information content (AvgIpc) is 2.98. The van der Waals surface area contributed by atoms with Gasteiger partial charge in [0.15, 0.2) is 17.3 Å². The molecule has 68 valence electrons. The highest BCUT2D eigenvalue weighted by atomic mass is 16.6. The molecular formula is C10H6N2O2. The molecule has 0 aliphatic carbocycles. The maximum absolute atomic E-state index is 9.62. The van der Waals surface area contributed by atoms with Gasteiger partial charge in [0.1, 0.15) is 11.3 Å². The van der Waals surface area contributed by atoms with E-state index >= 15 is 0 Å². The Morgan fingerprint density at radius 3 is 2.71 bits per heavy atom. The maximum atomic E-state index is 9.62. The van der Waals surface area contributed by atoms with Crippen LogP contribution in [0.25, 0.3) is 11.4 Å². The van der Waals surface area contributed by atoms with Gasteiger partial charge in [-0.1, -0.05) is 0 Å². The second kappa shape index (κ2) is 2.45. The molecule has 0 saturated carbocycles. The van der Waals surface area contributed by atoms with E-state index in [4.69, 9.17) is 4.74 Å². The summed E-state index contributed by atoms with van der Waals surface area (Å²) in [6.07, 6.45) is 3.26. The molecule has 0 amide bonds. The minimum absolute atomic E-state index is 0.146. The fraction of sp³-hybridized carbons (Fsp3) is 0. The lowest BCUT2D eigenvalue weighted by Gasteiger charge is -1.98. The lowest BCUT2D eigenvalue weighted by molar-refractivity contribution is 0.477. The topological polar surface area (TPSA) is 58.5 Å². The van der Waals surface area contributed by atoms with E-state index in [1.54, 1.807) is 30.6 Å². The molecule has 0 unspecified atom stereocenters. The highest BCUT2D eigenvalue weighted by molar-refractivity contribution is 5.80. The largest absolute Gasteiger partial charge is 0.507 e. The lowest BCUT2D eigenvalue weighted by Crippen LogP contribution is -1.85. The summed E-state index contributed by atoms with van der Waals surface area (Å²) in [6.45, 7) is 0. The van der Waals surface area contributed by atoms with E-state index in [1.165, 1.54) is 0 Å². The first-order valence-corrected chi connectivity index (χ1v) is 4.17. The predicted molar refractivity (Wildman–Crippen MR) is 49.2 cm³/mol. The van der Waals surface area contributed by atoms with E-state index in [2.05, 4.69) is 9.97 Å². The van der Waals surface area contributed by atoms with Gasteiger partial charge in [0.05, 0.1) is 0 Å². The van der Waals surface area contributed by atoms with Crippen LogP contribution in [0.2, 0.25) is 0 Å².